The Morgan fingerprint density at radius 2 is 1.96 bits per heavy atom. The zero-order valence-electron chi connectivity index (χ0n) is 14.4. The Balaban J connectivity index is 2.56. The fraction of sp³-hybridized carbons (Fsp3) is 0.500. The first-order valence-corrected chi connectivity index (χ1v) is 10.1. The molecular formula is C16H23BrN2O5S. The minimum Gasteiger partial charge on any atom is -0.467 e. The Morgan fingerprint density at radius 3 is 2.52 bits per heavy atom. The number of halogens is 1. The van der Waals surface area contributed by atoms with Crippen molar-refractivity contribution in [1.82, 2.24) is 10.0 Å². The lowest BCUT2D eigenvalue weighted by Crippen LogP contribution is -2.43. The van der Waals surface area contributed by atoms with E-state index in [0.29, 0.717) is 10.9 Å². The van der Waals surface area contributed by atoms with Gasteiger partial charge in [0.05, 0.1) is 12.0 Å². The van der Waals surface area contributed by atoms with Crippen molar-refractivity contribution in [2.45, 2.75) is 37.6 Å². The second-order valence-electron chi connectivity index (χ2n) is 5.88. The summed E-state index contributed by atoms with van der Waals surface area (Å²) in [6.45, 7) is 3.78. The van der Waals surface area contributed by atoms with Gasteiger partial charge in [-0.2, -0.15) is 0 Å². The molecule has 0 heterocycles. The summed E-state index contributed by atoms with van der Waals surface area (Å²) in [5.74, 6) is -0.746. The quantitative estimate of drug-likeness (QED) is 0.577. The van der Waals surface area contributed by atoms with E-state index < -0.39 is 27.9 Å². The molecule has 1 rings (SSSR count). The lowest BCUT2D eigenvalue weighted by molar-refractivity contribution is -0.145. The summed E-state index contributed by atoms with van der Waals surface area (Å²) >= 11 is 3.21. The Hall–Kier alpha value is -1.45. The second-order valence-corrected chi connectivity index (χ2v) is 8.56. The fourth-order valence-electron chi connectivity index (χ4n) is 2.11. The molecule has 1 amide bonds. The molecule has 0 aliphatic carbocycles. The van der Waals surface area contributed by atoms with E-state index in [1.807, 2.05) is 13.8 Å². The molecule has 0 fully saturated rings. The molecule has 7 nitrogen and oxygen atoms in total. The van der Waals surface area contributed by atoms with Gasteiger partial charge in [0, 0.05) is 17.4 Å². The topological polar surface area (TPSA) is 102 Å². The maximum atomic E-state index is 12.2. The molecule has 1 aromatic carbocycles. The van der Waals surface area contributed by atoms with Gasteiger partial charge < -0.3 is 10.1 Å². The maximum absolute atomic E-state index is 12.2. The van der Waals surface area contributed by atoms with Gasteiger partial charge in [-0.1, -0.05) is 35.8 Å². The second kappa shape index (κ2) is 9.88. The predicted octanol–water partition coefficient (Wildman–Crippen LogP) is 1.82. The van der Waals surface area contributed by atoms with E-state index in [0.717, 1.165) is 0 Å². The molecular weight excluding hydrogens is 412 g/mol. The summed E-state index contributed by atoms with van der Waals surface area (Å²) in [4.78, 5) is 23.8. The van der Waals surface area contributed by atoms with E-state index in [9.17, 15) is 18.0 Å². The molecule has 1 unspecified atom stereocenters. The normalized spacial score (nSPS) is 12.7. The van der Waals surface area contributed by atoms with Crippen LogP contribution in [0.2, 0.25) is 0 Å². The molecule has 0 bridgehead atoms. The molecule has 0 radical (unpaired) electrons. The molecule has 0 aliphatic rings. The van der Waals surface area contributed by atoms with Gasteiger partial charge in [0.2, 0.25) is 15.9 Å². The van der Waals surface area contributed by atoms with Gasteiger partial charge in [-0.15, -0.1) is 0 Å². The van der Waals surface area contributed by atoms with Crippen molar-refractivity contribution < 1.29 is 22.7 Å². The number of nitrogens with one attached hydrogen (secondary N) is 2. The Kier molecular flexibility index (Phi) is 8.54. The van der Waals surface area contributed by atoms with E-state index in [-0.39, 0.29) is 23.8 Å². The fourth-order valence-corrected chi connectivity index (χ4v) is 3.74. The minimum atomic E-state index is -3.70. The average Bonchev–Trinajstić information content (AvgIpc) is 2.52. The van der Waals surface area contributed by atoms with Crippen molar-refractivity contribution in [2.75, 3.05) is 13.7 Å². The standard InChI is InChI=1S/C16H23BrN2O5S/c1-11(2)9-14(16(21)24-3)19-15(20)7-8-18-25(22,23)13-6-4-5-12(17)10-13/h4-6,10-11,14,18H,7-9H2,1-3H3,(H,19,20). The van der Waals surface area contributed by atoms with Gasteiger partial charge in [0.15, 0.2) is 0 Å². The first-order valence-electron chi connectivity index (χ1n) is 7.78. The SMILES string of the molecule is COC(=O)C(CC(C)C)NC(=O)CCNS(=O)(=O)c1cccc(Br)c1. The smallest absolute Gasteiger partial charge is 0.328 e. The third kappa shape index (κ3) is 7.54. The molecule has 0 aromatic heterocycles. The molecule has 2 N–H and O–H groups in total. The summed E-state index contributed by atoms with van der Waals surface area (Å²) < 4.78 is 32.0. The molecule has 0 aliphatic heterocycles. The number of carbonyl (C=O) groups is 2. The zero-order valence-corrected chi connectivity index (χ0v) is 16.8. The van der Waals surface area contributed by atoms with Gasteiger partial charge in [-0.25, -0.2) is 17.9 Å². The summed E-state index contributed by atoms with van der Waals surface area (Å²) in [5, 5.41) is 2.58. The number of ether oxygens (including phenoxy) is 1. The van der Waals surface area contributed by atoms with Gasteiger partial charge in [0.25, 0.3) is 0 Å². The summed E-state index contributed by atoms with van der Waals surface area (Å²) in [6.07, 6.45) is 0.362. The Labute approximate surface area is 156 Å². The number of sulfonamides is 1. The number of benzene rings is 1. The highest BCUT2D eigenvalue weighted by atomic mass is 79.9. The number of hydrogen-bond acceptors (Lipinski definition) is 5. The van der Waals surface area contributed by atoms with Gasteiger partial charge in [0.1, 0.15) is 6.04 Å². The van der Waals surface area contributed by atoms with Crippen LogP contribution in [0.25, 0.3) is 0 Å². The van der Waals surface area contributed by atoms with E-state index in [4.69, 9.17) is 0 Å². The van der Waals surface area contributed by atoms with Crippen LogP contribution in [0.15, 0.2) is 33.6 Å². The summed E-state index contributed by atoms with van der Waals surface area (Å²) in [5.41, 5.74) is 0. The molecule has 140 valence electrons. The van der Waals surface area contributed by atoms with Crippen molar-refractivity contribution in [3.63, 3.8) is 0 Å². The largest absolute Gasteiger partial charge is 0.467 e. The monoisotopic (exact) mass is 434 g/mol. The van der Waals surface area contributed by atoms with Crippen molar-refractivity contribution in [3.05, 3.63) is 28.7 Å². The van der Waals surface area contributed by atoms with Crippen LogP contribution in [0.3, 0.4) is 0 Å². The van der Waals surface area contributed by atoms with E-state index in [1.54, 1.807) is 12.1 Å². The van der Waals surface area contributed by atoms with E-state index in [1.165, 1.54) is 19.2 Å². The number of hydrogen-bond donors (Lipinski definition) is 2. The molecule has 0 saturated heterocycles. The first-order chi connectivity index (χ1) is 11.7. The van der Waals surface area contributed by atoms with E-state index >= 15 is 0 Å². The number of methoxy groups -OCH3 is 1. The van der Waals surface area contributed by atoms with Crippen LogP contribution >= 0.6 is 15.9 Å². The number of carbonyl (C=O) groups excluding carboxylic acids is 2. The molecule has 25 heavy (non-hydrogen) atoms. The third-order valence-corrected chi connectivity index (χ3v) is 5.23. The number of rotatable bonds is 9. The predicted molar refractivity (Wildman–Crippen MR) is 97.3 cm³/mol. The number of esters is 1. The lowest BCUT2D eigenvalue weighted by atomic mass is 10.0. The van der Waals surface area contributed by atoms with Crippen LogP contribution in [-0.2, 0) is 24.3 Å². The third-order valence-electron chi connectivity index (χ3n) is 3.28. The van der Waals surface area contributed by atoms with Crippen LogP contribution in [0.5, 0.6) is 0 Å². The molecule has 9 heteroatoms. The highest BCUT2D eigenvalue weighted by molar-refractivity contribution is 9.10. The lowest BCUT2D eigenvalue weighted by Gasteiger charge is -2.18. The highest BCUT2D eigenvalue weighted by Gasteiger charge is 2.22. The Bertz CT molecular complexity index is 706. The Morgan fingerprint density at radius 1 is 1.28 bits per heavy atom. The zero-order chi connectivity index (χ0) is 19.0. The number of amides is 1. The van der Waals surface area contributed by atoms with Crippen LogP contribution in [0.1, 0.15) is 26.7 Å². The summed E-state index contributed by atoms with van der Waals surface area (Å²) in [6, 6.07) is 5.52. The van der Waals surface area contributed by atoms with Crippen LogP contribution < -0.4 is 10.0 Å². The van der Waals surface area contributed by atoms with Crippen molar-refractivity contribution in [1.29, 1.82) is 0 Å². The molecule has 1 aromatic rings. The minimum absolute atomic E-state index is 0.0732. The van der Waals surface area contributed by atoms with Crippen molar-refractivity contribution >= 4 is 37.8 Å². The first kappa shape index (κ1) is 21.6. The van der Waals surface area contributed by atoms with Gasteiger partial charge in [-0.3, -0.25) is 4.79 Å². The maximum Gasteiger partial charge on any atom is 0.328 e. The average molecular weight is 435 g/mol. The van der Waals surface area contributed by atoms with Gasteiger partial charge >= 0.3 is 5.97 Å². The van der Waals surface area contributed by atoms with Crippen LogP contribution in [0.4, 0.5) is 0 Å². The molecule has 1 atom stereocenters. The summed E-state index contributed by atoms with van der Waals surface area (Å²) in [7, 11) is -2.44. The van der Waals surface area contributed by atoms with Crippen molar-refractivity contribution in [2.24, 2.45) is 5.92 Å². The molecule has 0 spiro atoms. The van der Waals surface area contributed by atoms with Crippen molar-refractivity contribution in [3.8, 4) is 0 Å². The van der Waals surface area contributed by atoms with Crippen LogP contribution in [0, 0.1) is 5.92 Å². The molecule has 0 saturated carbocycles. The van der Waals surface area contributed by atoms with Crippen LogP contribution in [-0.4, -0.2) is 40.0 Å². The van der Waals surface area contributed by atoms with Gasteiger partial charge in [-0.05, 0) is 30.5 Å². The van der Waals surface area contributed by atoms with E-state index in [2.05, 4.69) is 30.7 Å². The highest BCUT2D eigenvalue weighted by Crippen LogP contribution is 2.15.